The molecular weight excluding hydrogens is 1030 g/mol. The van der Waals surface area contributed by atoms with Crippen LogP contribution in [-0.4, -0.2) is 89.1 Å². The van der Waals surface area contributed by atoms with Gasteiger partial charge in [0.1, 0.15) is 0 Å². The summed E-state index contributed by atoms with van der Waals surface area (Å²) in [7, 11) is 0. The van der Waals surface area contributed by atoms with Crippen molar-refractivity contribution in [2.45, 2.75) is 354 Å². The molecule has 0 spiro atoms. The zero-order valence-electron chi connectivity index (χ0n) is 61.5. The molecule has 1 saturated carbocycles. The maximum Gasteiger partial charge on any atom is 0.407 e. The van der Waals surface area contributed by atoms with Crippen LogP contribution in [0.15, 0.2) is 12.2 Å². The molecule has 0 unspecified atom stereocenters. The van der Waals surface area contributed by atoms with Gasteiger partial charge < -0.3 is 40.8 Å². The fourth-order valence-electron chi connectivity index (χ4n) is 5.88. The molecule has 0 bridgehead atoms. The molecule has 6 fully saturated rings. The van der Waals surface area contributed by atoms with Gasteiger partial charge in [-0.1, -0.05) is 264 Å². The number of nitrogens with one attached hydrogen (secondary N) is 5. The Morgan fingerprint density at radius 1 is 0.293 bits per heavy atom. The molecule has 4 amide bonds. The molecular formula is C69H159N5O8. The molecule has 82 heavy (non-hydrogen) atoms. The summed E-state index contributed by atoms with van der Waals surface area (Å²) in [6.45, 7) is 63.6. The predicted octanol–water partition coefficient (Wildman–Crippen LogP) is 21.5. The van der Waals surface area contributed by atoms with Gasteiger partial charge in [-0.3, -0.25) is 9.59 Å². The first-order valence-electron chi connectivity index (χ1n) is 35.4. The second-order valence-corrected chi connectivity index (χ2v) is 14.2. The number of ether oxygens (including phenoxy) is 3. The van der Waals surface area contributed by atoms with Gasteiger partial charge in [-0.2, -0.15) is 0 Å². The van der Waals surface area contributed by atoms with Crippen LogP contribution in [0.5, 0.6) is 0 Å². The Kier molecular flexibility index (Phi) is 204. The van der Waals surface area contributed by atoms with E-state index in [9.17, 15) is 24.0 Å². The number of rotatable bonds is 0. The number of urea groups is 1. The third kappa shape index (κ3) is 142. The molecule has 7 aliphatic rings. The molecule has 0 aromatic carbocycles. The molecule has 6 heterocycles. The summed E-state index contributed by atoms with van der Waals surface area (Å²) in [5, 5.41) is 14.1. The van der Waals surface area contributed by atoms with Crippen LogP contribution < -0.4 is 26.6 Å². The van der Waals surface area contributed by atoms with E-state index < -0.39 is 0 Å². The van der Waals surface area contributed by atoms with Gasteiger partial charge in [-0.25, -0.2) is 14.4 Å². The fourth-order valence-corrected chi connectivity index (χ4v) is 5.88. The first kappa shape index (κ1) is 113. The zero-order chi connectivity index (χ0) is 67.0. The lowest BCUT2D eigenvalue weighted by molar-refractivity contribution is -0.142. The maximum absolute atomic E-state index is 10.6. The number of amides is 4. The van der Waals surface area contributed by atoms with Gasteiger partial charge in [-0.05, 0) is 96.6 Å². The van der Waals surface area contributed by atoms with E-state index in [4.69, 9.17) is 4.74 Å². The number of carbonyl (C=O) groups is 5. The highest BCUT2D eigenvalue weighted by atomic mass is 16.5. The van der Waals surface area contributed by atoms with E-state index in [1.165, 1.54) is 96.2 Å². The number of cyclic esters (lactones) is 3. The monoisotopic (exact) mass is 1190 g/mol. The van der Waals surface area contributed by atoms with Gasteiger partial charge >= 0.3 is 24.1 Å². The van der Waals surface area contributed by atoms with Gasteiger partial charge in [-0.15, -0.1) is 0 Å². The number of allylic oxidation sites excluding steroid dienone is 1. The van der Waals surface area contributed by atoms with Crippen molar-refractivity contribution < 1.29 is 38.2 Å². The molecule has 6 aliphatic heterocycles. The lowest BCUT2D eigenvalue weighted by Gasteiger charge is -1.96. The summed E-state index contributed by atoms with van der Waals surface area (Å²) in [6, 6.07) is -0.0255. The highest BCUT2D eigenvalue weighted by Crippen LogP contribution is 2.15. The van der Waals surface area contributed by atoms with E-state index in [-0.39, 0.29) is 30.0 Å². The van der Waals surface area contributed by atoms with E-state index in [0.29, 0.717) is 26.2 Å². The van der Waals surface area contributed by atoms with Crippen LogP contribution in [-0.2, 0) is 28.6 Å². The highest BCUT2D eigenvalue weighted by molar-refractivity contribution is 5.82. The minimum atomic E-state index is -0.275. The summed E-state index contributed by atoms with van der Waals surface area (Å²) in [6.07, 6.45) is 33.3. The molecule has 1 aliphatic carbocycles. The first-order chi connectivity index (χ1) is 40.5. The lowest BCUT2D eigenvalue weighted by atomic mass is 10.2. The molecule has 7 rings (SSSR count). The molecule has 13 nitrogen and oxygen atoms in total. The third-order valence-corrected chi connectivity index (χ3v) is 9.16. The van der Waals surface area contributed by atoms with Gasteiger partial charge in [0, 0.05) is 45.1 Å². The van der Waals surface area contributed by atoms with E-state index in [2.05, 4.69) is 36.1 Å². The minimum Gasteiger partial charge on any atom is -0.466 e. The molecule has 5 N–H and O–H groups in total. The standard InChI is InChI=1S/C7H14.C6H11NO.C6H13N.C6H10O2.C6H8O2.C5H10N2O.C5H9NO2.14C2H6/c1-2-4-6-7-5-3-1;8-6-4-2-1-3-5-7-6;1-2-4-6-7-5-3-1;2*7-6-4-2-1-3-5-8-6;8-5-6-3-1-2-4-7-5;7-5-6-3-1-2-4-8-5;14*1-2/h1-7H2;1-5H2,(H,7,8);7H,1-6H2;1-5H2;2,4H,1,3,5H2;1-4H2,(H2,6,7,8);1-4H2,(H,6,7);14*1-2H3. The number of hydrogen-bond acceptors (Lipinski definition) is 9. The van der Waals surface area contributed by atoms with E-state index in [1.807, 2.05) is 200 Å². The van der Waals surface area contributed by atoms with Crippen molar-refractivity contribution in [1.82, 2.24) is 26.6 Å². The second kappa shape index (κ2) is 147. The lowest BCUT2D eigenvalue weighted by Crippen LogP contribution is -2.32. The first-order valence-corrected chi connectivity index (χ1v) is 35.4. The van der Waals surface area contributed by atoms with Crippen molar-refractivity contribution in [1.29, 1.82) is 0 Å². The average molecular weight is 1190 g/mol. The fraction of sp³-hybridized carbons (Fsp3) is 0.899. The van der Waals surface area contributed by atoms with Crippen molar-refractivity contribution in [2.24, 2.45) is 0 Å². The Morgan fingerprint density at radius 2 is 0.598 bits per heavy atom. The summed E-state index contributed by atoms with van der Waals surface area (Å²) >= 11 is 0. The SMILES string of the molecule is C1CCCCCC1.C1CCCNCC1.CC.CC.CC.CC.CC.CC.CC.CC.CC.CC.CC.CC.CC.CC.O=C1C=CCCCO1.O=C1CCCCCN1.O=C1CCCCCO1.O=C1NCCCCN1.O=C1NCCCCO1. The minimum absolute atomic E-state index is 0.0255. The van der Waals surface area contributed by atoms with Gasteiger partial charge in [0.25, 0.3) is 0 Å². The average Bonchev–Trinajstić information content (AvgIpc) is 4.36. The summed E-state index contributed by atoms with van der Waals surface area (Å²) in [5.74, 6) is -0.00694. The molecule has 13 heteroatoms. The molecule has 0 atom stereocenters. The number of esters is 2. The summed E-state index contributed by atoms with van der Waals surface area (Å²) in [4.78, 5) is 52.2. The number of carbonyl (C=O) groups excluding carboxylic acids is 5. The van der Waals surface area contributed by atoms with Gasteiger partial charge in [0.2, 0.25) is 5.91 Å². The summed E-state index contributed by atoms with van der Waals surface area (Å²) in [5.41, 5.74) is 0. The van der Waals surface area contributed by atoms with Crippen LogP contribution >= 0.6 is 0 Å². The van der Waals surface area contributed by atoms with E-state index >= 15 is 0 Å². The normalized spacial score (nSPS) is 15.3. The van der Waals surface area contributed by atoms with Gasteiger partial charge in [0.05, 0.1) is 19.8 Å². The van der Waals surface area contributed by atoms with Crippen molar-refractivity contribution in [3.63, 3.8) is 0 Å². The van der Waals surface area contributed by atoms with E-state index in [0.717, 1.165) is 103 Å². The zero-order valence-corrected chi connectivity index (χ0v) is 61.5. The van der Waals surface area contributed by atoms with Crippen LogP contribution in [0.4, 0.5) is 9.59 Å². The maximum atomic E-state index is 10.6. The van der Waals surface area contributed by atoms with Crippen molar-refractivity contribution in [3.8, 4) is 0 Å². The predicted molar refractivity (Wildman–Crippen MR) is 372 cm³/mol. The molecule has 0 aromatic heterocycles. The van der Waals surface area contributed by atoms with Crippen molar-refractivity contribution >= 4 is 30.0 Å². The van der Waals surface area contributed by atoms with Crippen LogP contribution in [0.1, 0.15) is 354 Å². The molecule has 5 saturated heterocycles. The number of hydrogen-bond donors (Lipinski definition) is 5. The van der Waals surface area contributed by atoms with Crippen LogP contribution in [0, 0.1) is 0 Å². The van der Waals surface area contributed by atoms with Crippen LogP contribution in [0.25, 0.3) is 0 Å². The second-order valence-electron chi connectivity index (χ2n) is 14.2. The Balaban J connectivity index is -0.0000000511. The third-order valence-electron chi connectivity index (χ3n) is 9.16. The topological polar surface area (TPSA) is 173 Å². The summed E-state index contributed by atoms with van der Waals surface area (Å²) < 4.78 is 14.1. The van der Waals surface area contributed by atoms with E-state index in [1.54, 1.807) is 0 Å². The van der Waals surface area contributed by atoms with Crippen LogP contribution in [0.3, 0.4) is 0 Å². The van der Waals surface area contributed by atoms with Crippen molar-refractivity contribution in [2.75, 3.05) is 59.1 Å². The molecule has 0 aromatic rings. The van der Waals surface area contributed by atoms with Crippen molar-refractivity contribution in [3.05, 3.63) is 12.2 Å². The molecule has 508 valence electrons. The Hall–Kier alpha value is -3.35. The Labute approximate surface area is 518 Å². The molecule has 0 radical (unpaired) electrons. The Bertz CT molecular complexity index is 816. The van der Waals surface area contributed by atoms with Crippen LogP contribution in [0.2, 0.25) is 0 Å². The number of alkyl carbamates (subject to hydrolysis) is 1. The highest BCUT2D eigenvalue weighted by Gasteiger charge is 2.07. The quantitative estimate of drug-likeness (QED) is 0.0899. The Morgan fingerprint density at radius 3 is 1.05 bits per heavy atom. The van der Waals surface area contributed by atoms with Gasteiger partial charge in [0.15, 0.2) is 0 Å². The largest absolute Gasteiger partial charge is 0.466 e. The smallest absolute Gasteiger partial charge is 0.407 e.